The molecule has 2 aliphatic heterocycles. The molecule has 35 heavy (non-hydrogen) atoms. The molecule has 3 aromatic heterocycles. The van der Waals surface area contributed by atoms with Crippen molar-refractivity contribution in [1.82, 2.24) is 24.6 Å². The van der Waals surface area contributed by atoms with Crippen LogP contribution in [0.4, 0.5) is 5.82 Å². The largest absolute Gasteiger partial charge is 0.356 e. The number of carbonyl (C=O) groups excluding carboxylic acids is 1. The summed E-state index contributed by atoms with van der Waals surface area (Å²) in [5.41, 5.74) is 5.72. The van der Waals surface area contributed by atoms with Crippen LogP contribution in [0.5, 0.6) is 0 Å². The number of benzene rings is 1. The van der Waals surface area contributed by atoms with Crippen molar-refractivity contribution >= 4 is 28.4 Å². The Hall–Kier alpha value is -3.45. The highest BCUT2D eigenvalue weighted by Gasteiger charge is 2.28. The van der Waals surface area contributed by atoms with Crippen LogP contribution in [0.1, 0.15) is 30.4 Å². The van der Waals surface area contributed by atoms with Crippen molar-refractivity contribution in [2.24, 2.45) is 5.92 Å². The fourth-order valence-corrected chi connectivity index (χ4v) is 5.61. The number of hydrogen-bond acceptors (Lipinski definition) is 5. The lowest BCUT2D eigenvalue weighted by molar-refractivity contribution is -0.125. The highest BCUT2D eigenvalue weighted by atomic mass is 16.1. The number of amides is 1. The van der Waals surface area contributed by atoms with Crippen molar-refractivity contribution in [3.8, 4) is 0 Å². The van der Waals surface area contributed by atoms with Crippen molar-refractivity contribution < 1.29 is 4.79 Å². The first kappa shape index (κ1) is 22.0. The summed E-state index contributed by atoms with van der Waals surface area (Å²) in [5.74, 6) is 1.08. The average Bonchev–Trinajstić information content (AvgIpc) is 3.41. The number of hydrogen-bond donors (Lipinski definition) is 1. The van der Waals surface area contributed by atoms with Crippen LogP contribution in [0.3, 0.4) is 0 Å². The lowest BCUT2D eigenvalue weighted by Gasteiger charge is -2.33. The van der Waals surface area contributed by atoms with Crippen LogP contribution in [-0.4, -0.2) is 57.9 Å². The first-order valence-corrected chi connectivity index (χ1v) is 12.8. The summed E-state index contributed by atoms with van der Waals surface area (Å²) in [6, 6.07) is 16.9. The Balaban J connectivity index is 1.05. The Morgan fingerprint density at radius 3 is 2.86 bits per heavy atom. The summed E-state index contributed by atoms with van der Waals surface area (Å²) in [4.78, 5) is 27.2. The number of piperidine rings is 1. The molecule has 180 valence electrons. The van der Waals surface area contributed by atoms with Gasteiger partial charge in [0.05, 0.1) is 17.0 Å². The number of aromatic nitrogens is 3. The van der Waals surface area contributed by atoms with E-state index in [1.807, 2.05) is 18.2 Å². The first-order valence-electron chi connectivity index (χ1n) is 12.8. The summed E-state index contributed by atoms with van der Waals surface area (Å²) < 4.78 is 2.15. The Labute approximate surface area is 205 Å². The van der Waals surface area contributed by atoms with Gasteiger partial charge in [-0.15, -0.1) is 0 Å². The molecule has 4 aromatic rings. The number of rotatable bonds is 6. The van der Waals surface area contributed by atoms with E-state index in [0.717, 1.165) is 80.9 Å². The number of pyridine rings is 1. The molecule has 0 unspecified atom stereocenters. The Kier molecular flexibility index (Phi) is 6.08. The van der Waals surface area contributed by atoms with E-state index in [0.29, 0.717) is 6.54 Å². The van der Waals surface area contributed by atoms with E-state index in [1.54, 1.807) is 6.20 Å². The van der Waals surface area contributed by atoms with Gasteiger partial charge in [-0.2, -0.15) is 0 Å². The topological polar surface area (TPSA) is 65.8 Å². The predicted octanol–water partition coefficient (Wildman–Crippen LogP) is 3.66. The lowest BCUT2D eigenvalue weighted by atomic mass is 9.97. The molecular formula is C28H32N6O. The zero-order valence-corrected chi connectivity index (χ0v) is 20.1. The minimum Gasteiger partial charge on any atom is -0.356 e. The lowest BCUT2D eigenvalue weighted by Crippen LogP contribution is -2.44. The maximum atomic E-state index is 13.0. The van der Waals surface area contributed by atoms with Crippen molar-refractivity contribution in [3.05, 3.63) is 72.1 Å². The summed E-state index contributed by atoms with van der Waals surface area (Å²) in [6.45, 7) is 5.47. The van der Waals surface area contributed by atoms with E-state index in [1.165, 1.54) is 11.1 Å². The van der Waals surface area contributed by atoms with Gasteiger partial charge >= 0.3 is 0 Å². The van der Waals surface area contributed by atoms with Gasteiger partial charge in [0.15, 0.2) is 11.5 Å². The minimum absolute atomic E-state index is 0.0122. The SMILES string of the molecule is O=C(NCCCN1CCc2ccccc2C1)[C@@H]1CCCN(c2nc3ncccc3n3cccc23)C1. The van der Waals surface area contributed by atoms with Gasteiger partial charge in [-0.3, -0.25) is 9.69 Å². The number of anilines is 1. The summed E-state index contributed by atoms with van der Waals surface area (Å²) in [6.07, 6.45) is 7.85. The summed E-state index contributed by atoms with van der Waals surface area (Å²) in [5, 5.41) is 3.21. The Morgan fingerprint density at radius 1 is 1.03 bits per heavy atom. The molecular weight excluding hydrogens is 436 g/mol. The van der Waals surface area contributed by atoms with Gasteiger partial charge in [0.1, 0.15) is 0 Å². The number of nitrogens with one attached hydrogen (secondary N) is 1. The van der Waals surface area contributed by atoms with Crippen molar-refractivity contribution in [3.63, 3.8) is 0 Å². The fraction of sp³-hybridized carbons (Fsp3) is 0.393. The minimum atomic E-state index is -0.0122. The molecule has 1 N–H and O–H groups in total. The molecule has 1 aromatic carbocycles. The van der Waals surface area contributed by atoms with Gasteiger partial charge < -0.3 is 14.6 Å². The number of fused-ring (bicyclic) bond motifs is 4. The van der Waals surface area contributed by atoms with Crippen molar-refractivity contribution in [2.45, 2.75) is 32.2 Å². The summed E-state index contributed by atoms with van der Waals surface area (Å²) in [7, 11) is 0. The van der Waals surface area contributed by atoms with Gasteiger partial charge in [-0.25, -0.2) is 9.97 Å². The van der Waals surface area contributed by atoms with Crippen LogP contribution >= 0.6 is 0 Å². The standard InChI is InChI=1S/C28H32N6O/c35-28(30-14-6-15-32-18-12-21-7-1-2-8-22(21)19-32)23-9-4-16-33(20-23)27-25-11-5-17-34(25)24-10-3-13-29-26(24)31-27/h1-3,5,7-8,10-11,13,17,23H,4,6,9,12,14-16,18-20H2,(H,30,35)/t23-/m1/s1. The molecule has 1 amide bonds. The number of carbonyl (C=O) groups is 1. The van der Waals surface area contributed by atoms with Crippen LogP contribution in [-0.2, 0) is 17.8 Å². The molecule has 0 spiro atoms. The van der Waals surface area contributed by atoms with Crippen molar-refractivity contribution in [2.75, 3.05) is 37.6 Å². The molecule has 0 radical (unpaired) electrons. The molecule has 1 atom stereocenters. The van der Waals surface area contributed by atoms with E-state index in [4.69, 9.17) is 4.98 Å². The van der Waals surface area contributed by atoms with Crippen LogP contribution < -0.4 is 10.2 Å². The third kappa shape index (κ3) is 4.48. The highest BCUT2D eigenvalue weighted by Crippen LogP contribution is 2.28. The van der Waals surface area contributed by atoms with Gasteiger partial charge in [0.25, 0.3) is 0 Å². The molecule has 1 fully saturated rings. The second kappa shape index (κ2) is 9.66. The quantitative estimate of drug-likeness (QED) is 0.438. The van der Waals surface area contributed by atoms with Crippen molar-refractivity contribution in [1.29, 1.82) is 0 Å². The maximum absolute atomic E-state index is 13.0. The second-order valence-electron chi connectivity index (χ2n) is 9.77. The second-order valence-corrected chi connectivity index (χ2v) is 9.77. The third-order valence-corrected chi connectivity index (χ3v) is 7.47. The van der Waals surface area contributed by atoms with E-state index >= 15 is 0 Å². The average molecular weight is 469 g/mol. The van der Waals surface area contributed by atoms with Crippen LogP contribution in [0.15, 0.2) is 60.9 Å². The van der Waals surface area contributed by atoms with E-state index in [9.17, 15) is 4.79 Å². The Morgan fingerprint density at radius 2 is 1.91 bits per heavy atom. The zero-order chi connectivity index (χ0) is 23.6. The van der Waals surface area contributed by atoms with E-state index in [2.05, 4.69) is 61.0 Å². The first-order chi connectivity index (χ1) is 17.3. The fourth-order valence-electron chi connectivity index (χ4n) is 5.61. The predicted molar refractivity (Wildman–Crippen MR) is 138 cm³/mol. The molecule has 0 aliphatic carbocycles. The molecule has 7 heteroatoms. The van der Waals surface area contributed by atoms with Crippen LogP contribution in [0.2, 0.25) is 0 Å². The zero-order valence-electron chi connectivity index (χ0n) is 20.1. The summed E-state index contributed by atoms with van der Waals surface area (Å²) >= 11 is 0. The maximum Gasteiger partial charge on any atom is 0.224 e. The highest BCUT2D eigenvalue weighted by molar-refractivity contribution is 5.84. The molecule has 1 saturated heterocycles. The van der Waals surface area contributed by atoms with Crippen LogP contribution in [0.25, 0.3) is 16.7 Å². The van der Waals surface area contributed by atoms with Gasteiger partial charge in [-0.05, 0) is 61.1 Å². The molecule has 2 aliphatic rings. The molecule has 5 heterocycles. The normalized spacial score (nSPS) is 18.6. The molecule has 7 nitrogen and oxygen atoms in total. The van der Waals surface area contributed by atoms with Gasteiger partial charge in [-0.1, -0.05) is 24.3 Å². The number of nitrogens with zero attached hydrogens (tertiary/aromatic N) is 5. The Bertz CT molecular complexity index is 1350. The third-order valence-electron chi connectivity index (χ3n) is 7.47. The van der Waals surface area contributed by atoms with E-state index in [-0.39, 0.29) is 11.8 Å². The molecule has 0 saturated carbocycles. The van der Waals surface area contributed by atoms with Gasteiger partial charge in [0.2, 0.25) is 5.91 Å². The van der Waals surface area contributed by atoms with Gasteiger partial charge in [0, 0.05) is 51.7 Å². The van der Waals surface area contributed by atoms with Crippen LogP contribution in [0, 0.1) is 5.92 Å². The monoisotopic (exact) mass is 468 g/mol. The molecule has 0 bridgehead atoms. The van der Waals surface area contributed by atoms with E-state index < -0.39 is 0 Å². The smallest absolute Gasteiger partial charge is 0.224 e. The molecule has 6 rings (SSSR count).